The van der Waals surface area contributed by atoms with Crippen molar-refractivity contribution in [1.29, 1.82) is 0 Å². The number of amides is 2. The van der Waals surface area contributed by atoms with Gasteiger partial charge >= 0.3 is 5.76 Å². The Morgan fingerprint density at radius 3 is 2.81 bits per heavy atom. The molecule has 0 spiro atoms. The Morgan fingerprint density at radius 1 is 1.31 bits per heavy atom. The molecule has 0 atom stereocenters. The minimum absolute atomic E-state index is 0.0962. The number of piperazine rings is 1. The zero-order chi connectivity index (χ0) is 18.5. The molecule has 1 aromatic heterocycles. The van der Waals surface area contributed by atoms with E-state index >= 15 is 0 Å². The molecular formula is C17H22N4O5. The van der Waals surface area contributed by atoms with Crippen molar-refractivity contribution >= 4 is 22.9 Å². The molecule has 0 unspecified atom stereocenters. The lowest BCUT2D eigenvalue weighted by atomic mass is 10.1. The lowest BCUT2D eigenvalue weighted by Crippen LogP contribution is -2.46. The summed E-state index contributed by atoms with van der Waals surface area (Å²) in [7, 11) is 1.54. The number of fused-ring (bicyclic) bond motifs is 1. The smallest absolute Gasteiger partial charge is 0.408 e. The third kappa shape index (κ3) is 3.94. The van der Waals surface area contributed by atoms with Crippen molar-refractivity contribution in [3.63, 3.8) is 0 Å². The lowest BCUT2D eigenvalue weighted by molar-refractivity contribution is -0.121. The van der Waals surface area contributed by atoms with Crippen LogP contribution in [-0.2, 0) is 16.1 Å². The van der Waals surface area contributed by atoms with Crippen LogP contribution in [0.4, 0.5) is 0 Å². The largest absolute Gasteiger partial charge is 0.420 e. The summed E-state index contributed by atoms with van der Waals surface area (Å²) in [4.78, 5) is 38.3. The van der Waals surface area contributed by atoms with Gasteiger partial charge in [-0.15, -0.1) is 0 Å². The summed E-state index contributed by atoms with van der Waals surface area (Å²) < 4.78 is 11.3. The molecule has 9 nitrogen and oxygen atoms in total. The molecule has 0 bridgehead atoms. The molecule has 2 amide bonds. The second-order valence-corrected chi connectivity index (χ2v) is 6.02. The number of oxazole rings is 1. The van der Waals surface area contributed by atoms with Gasteiger partial charge in [-0.3, -0.25) is 14.2 Å². The van der Waals surface area contributed by atoms with Gasteiger partial charge in [0.15, 0.2) is 5.58 Å². The number of benzene rings is 1. The fourth-order valence-corrected chi connectivity index (χ4v) is 2.89. The maximum absolute atomic E-state index is 12.6. The molecule has 9 heteroatoms. The van der Waals surface area contributed by atoms with Crippen LogP contribution < -0.4 is 16.4 Å². The van der Waals surface area contributed by atoms with Crippen molar-refractivity contribution in [2.45, 2.75) is 6.54 Å². The molecular weight excluding hydrogens is 340 g/mol. The first-order chi connectivity index (χ1) is 12.6. The number of hydrogen-bond acceptors (Lipinski definition) is 6. The van der Waals surface area contributed by atoms with Gasteiger partial charge in [-0.1, -0.05) is 0 Å². The van der Waals surface area contributed by atoms with Crippen LogP contribution in [0.5, 0.6) is 0 Å². The SMILES string of the molecule is COCCNC(=O)Cn1c(=O)oc2cc(C(=O)N3CCNCC3)ccc21. The van der Waals surface area contributed by atoms with E-state index in [2.05, 4.69) is 10.6 Å². The molecule has 3 rings (SSSR count). The van der Waals surface area contributed by atoms with Crippen molar-refractivity contribution in [2.24, 2.45) is 0 Å². The molecule has 2 aromatic rings. The van der Waals surface area contributed by atoms with E-state index in [1.165, 1.54) is 4.57 Å². The maximum atomic E-state index is 12.6. The second-order valence-electron chi connectivity index (χ2n) is 6.02. The number of ether oxygens (including phenoxy) is 1. The minimum atomic E-state index is -0.631. The fourth-order valence-electron chi connectivity index (χ4n) is 2.89. The lowest BCUT2D eigenvalue weighted by Gasteiger charge is -2.27. The van der Waals surface area contributed by atoms with Crippen LogP contribution in [0.2, 0.25) is 0 Å². The Balaban J connectivity index is 1.78. The third-order valence-corrected chi connectivity index (χ3v) is 4.25. The van der Waals surface area contributed by atoms with Crippen molar-refractivity contribution in [3.05, 3.63) is 34.3 Å². The Labute approximate surface area is 149 Å². The second kappa shape index (κ2) is 8.15. The summed E-state index contributed by atoms with van der Waals surface area (Å²) in [5, 5.41) is 5.85. The molecule has 0 saturated carbocycles. The molecule has 1 aliphatic rings. The predicted octanol–water partition coefficient (Wildman–Crippen LogP) is -0.597. The van der Waals surface area contributed by atoms with E-state index in [1.807, 2.05) is 0 Å². The molecule has 2 heterocycles. The topological polar surface area (TPSA) is 106 Å². The van der Waals surface area contributed by atoms with E-state index in [4.69, 9.17) is 9.15 Å². The van der Waals surface area contributed by atoms with E-state index < -0.39 is 5.76 Å². The predicted molar refractivity (Wildman–Crippen MR) is 94.1 cm³/mol. The van der Waals surface area contributed by atoms with Crippen LogP contribution in [0, 0.1) is 0 Å². The van der Waals surface area contributed by atoms with Crippen LogP contribution in [-0.4, -0.2) is 67.7 Å². The first kappa shape index (κ1) is 18.2. The van der Waals surface area contributed by atoms with Gasteiger partial charge < -0.3 is 24.7 Å². The van der Waals surface area contributed by atoms with E-state index in [9.17, 15) is 14.4 Å². The van der Waals surface area contributed by atoms with Gasteiger partial charge in [0.2, 0.25) is 5.91 Å². The number of carbonyl (C=O) groups excluding carboxylic acids is 2. The van der Waals surface area contributed by atoms with Gasteiger partial charge in [0.1, 0.15) is 6.54 Å². The van der Waals surface area contributed by atoms with Crippen LogP contribution in [0.15, 0.2) is 27.4 Å². The zero-order valence-corrected chi connectivity index (χ0v) is 14.6. The van der Waals surface area contributed by atoms with Crippen LogP contribution in [0.1, 0.15) is 10.4 Å². The minimum Gasteiger partial charge on any atom is -0.408 e. The highest BCUT2D eigenvalue weighted by Crippen LogP contribution is 2.17. The van der Waals surface area contributed by atoms with Crippen LogP contribution in [0.3, 0.4) is 0 Å². The summed E-state index contributed by atoms with van der Waals surface area (Å²) in [6.07, 6.45) is 0. The number of carbonyl (C=O) groups is 2. The summed E-state index contributed by atoms with van der Waals surface area (Å²) in [6.45, 7) is 3.41. The van der Waals surface area contributed by atoms with Crippen molar-refractivity contribution in [2.75, 3.05) is 46.4 Å². The highest BCUT2D eigenvalue weighted by atomic mass is 16.5. The van der Waals surface area contributed by atoms with Gasteiger partial charge in [-0.05, 0) is 18.2 Å². The number of nitrogens with one attached hydrogen (secondary N) is 2. The monoisotopic (exact) mass is 362 g/mol. The molecule has 1 saturated heterocycles. The molecule has 140 valence electrons. The van der Waals surface area contributed by atoms with Crippen LogP contribution in [0.25, 0.3) is 11.1 Å². The summed E-state index contributed by atoms with van der Waals surface area (Å²) in [5.74, 6) is -1.04. The van der Waals surface area contributed by atoms with Gasteiger partial charge in [0.05, 0.1) is 12.1 Å². The van der Waals surface area contributed by atoms with E-state index in [-0.39, 0.29) is 18.4 Å². The molecule has 0 aliphatic carbocycles. The van der Waals surface area contributed by atoms with Gasteiger partial charge in [0.25, 0.3) is 5.91 Å². The highest BCUT2D eigenvalue weighted by molar-refractivity contribution is 5.97. The summed E-state index contributed by atoms with van der Waals surface area (Å²) in [6, 6.07) is 4.85. The molecule has 1 aliphatic heterocycles. The zero-order valence-electron chi connectivity index (χ0n) is 14.6. The van der Waals surface area contributed by atoms with Crippen molar-refractivity contribution < 1.29 is 18.7 Å². The maximum Gasteiger partial charge on any atom is 0.420 e. The standard InChI is InChI=1S/C17H22N4O5/c1-25-9-6-19-15(22)11-21-13-3-2-12(10-14(13)26-17(21)24)16(23)20-7-4-18-5-8-20/h2-3,10,18H,4-9,11H2,1H3,(H,19,22). The summed E-state index contributed by atoms with van der Waals surface area (Å²) >= 11 is 0. The number of methoxy groups -OCH3 is 1. The van der Waals surface area contributed by atoms with Crippen molar-refractivity contribution in [1.82, 2.24) is 20.1 Å². The van der Waals surface area contributed by atoms with E-state index in [1.54, 1.807) is 30.2 Å². The number of hydrogen-bond donors (Lipinski definition) is 2. The van der Waals surface area contributed by atoms with Gasteiger partial charge in [-0.25, -0.2) is 4.79 Å². The number of nitrogens with zero attached hydrogens (tertiary/aromatic N) is 2. The first-order valence-electron chi connectivity index (χ1n) is 8.49. The third-order valence-electron chi connectivity index (χ3n) is 4.25. The van der Waals surface area contributed by atoms with Gasteiger partial charge in [-0.2, -0.15) is 0 Å². The number of aromatic nitrogens is 1. The van der Waals surface area contributed by atoms with E-state index in [0.717, 1.165) is 13.1 Å². The Kier molecular flexibility index (Phi) is 5.69. The molecule has 1 aromatic carbocycles. The fraction of sp³-hybridized carbons (Fsp3) is 0.471. The molecule has 0 radical (unpaired) electrons. The van der Waals surface area contributed by atoms with Crippen molar-refractivity contribution in [3.8, 4) is 0 Å². The van der Waals surface area contributed by atoms with Crippen LogP contribution >= 0.6 is 0 Å². The molecule has 26 heavy (non-hydrogen) atoms. The average molecular weight is 362 g/mol. The Hall–Kier alpha value is -2.65. The first-order valence-corrected chi connectivity index (χ1v) is 8.49. The molecule has 2 N–H and O–H groups in total. The Morgan fingerprint density at radius 2 is 2.08 bits per heavy atom. The number of rotatable bonds is 6. The van der Waals surface area contributed by atoms with Gasteiger partial charge in [0, 0.05) is 45.4 Å². The normalized spacial score (nSPS) is 14.6. The quantitative estimate of drug-likeness (QED) is 0.665. The van der Waals surface area contributed by atoms with E-state index in [0.29, 0.717) is 42.9 Å². The average Bonchev–Trinajstić information content (AvgIpc) is 2.96. The Bertz CT molecular complexity index is 850. The highest BCUT2D eigenvalue weighted by Gasteiger charge is 2.20. The summed E-state index contributed by atoms with van der Waals surface area (Å²) in [5.41, 5.74) is 1.24. The molecule has 1 fully saturated rings.